The minimum Gasteiger partial charge on any atom is -0.339 e. The summed E-state index contributed by atoms with van der Waals surface area (Å²) >= 11 is 3.18. The summed E-state index contributed by atoms with van der Waals surface area (Å²) in [4.78, 5) is 21.8. The van der Waals surface area contributed by atoms with E-state index in [2.05, 4.69) is 70.5 Å². The Bertz CT molecular complexity index is 1020. The monoisotopic (exact) mass is 470 g/mol. The van der Waals surface area contributed by atoms with Crippen molar-refractivity contribution in [2.75, 3.05) is 31.9 Å². The van der Waals surface area contributed by atoms with Gasteiger partial charge in [-0.2, -0.15) is 0 Å². The third kappa shape index (κ3) is 5.57. The highest BCUT2D eigenvalue weighted by molar-refractivity contribution is 7.99. The summed E-state index contributed by atoms with van der Waals surface area (Å²) in [5, 5.41) is 12.4. The zero-order chi connectivity index (χ0) is 22.5. The van der Waals surface area contributed by atoms with Crippen molar-refractivity contribution in [2.45, 2.75) is 44.8 Å². The molecular weight excluding hydrogens is 440 g/mol. The topological polar surface area (TPSA) is 67.2 Å². The molecule has 1 fully saturated rings. The molecule has 1 aliphatic heterocycles. The number of thiazole rings is 1. The molecule has 0 radical (unpaired) electrons. The predicted octanol–water partition coefficient (Wildman–Crippen LogP) is 3.85. The number of amides is 1. The van der Waals surface area contributed by atoms with Gasteiger partial charge in [0.05, 0.1) is 16.5 Å². The maximum atomic E-state index is 12.8. The molecule has 170 valence electrons. The molecule has 7 nitrogen and oxygen atoms in total. The largest absolute Gasteiger partial charge is 0.339 e. The molecule has 0 saturated carbocycles. The Kier molecular flexibility index (Phi) is 7.59. The Morgan fingerprint density at radius 1 is 1.16 bits per heavy atom. The van der Waals surface area contributed by atoms with Crippen LogP contribution in [0.1, 0.15) is 43.0 Å². The van der Waals surface area contributed by atoms with Crippen LogP contribution in [0.5, 0.6) is 0 Å². The Morgan fingerprint density at radius 2 is 1.91 bits per heavy atom. The van der Waals surface area contributed by atoms with E-state index in [1.165, 1.54) is 22.3 Å². The number of hydrogen-bond donors (Lipinski definition) is 0. The number of nitrogens with zero attached hydrogens (tertiary/aromatic N) is 6. The molecule has 1 amide bonds. The average Bonchev–Trinajstić information content (AvgIpc) is 3.47. The molecule has 32 heavy (non-hydrogen) atoms. The fourth-order valence-electron chi connectivity index (χ4n) is 3.71. The number of aromatic nitrogens is 4. The smallest absolute Gasteiger partial charge is 0.233 e. The molecule has 1 aromatic carbocycles. The van der Waals surface area contributed by atoms with Crippen LogP contribution in [0.25, 0.3) is 5.69 Å². The third-order valence-corrected chi connectivity index (χ3v) is 7.66. The van der Waals surface area contributed by atoms with Crippen molar-refractivity contribution in [2.24, 2.45) is 0 Å². The van der Waals surface area contributed by atoms with Crippen molar-refractivity contribution < 1.29 is 4.79 Å². The van der Waals surface area contributed by atoms with Crippen LogP contribution in [0.2, 0.25) is 0 Å². The van der Waals surface area contributed by atoms with E-state index in [1.807, 2.05) is 9.47 Å². The number of benzene rings is 1. The minimum atomic E-state index is 0.154. The second kappa shape index (κ2) is 10.6. The molecule has 0 aliphatic carbocycles. The maximum Gasteiger partial charge on any atom is 0.233 e. The first-order valence-electron chi connectivity index (χ1n) is 11.1. The summed E-state index contributed by atoms with van der Waals surface area (Å²) < 4.78 is 1.94. The number of carbonyl (C=O) groups is 1. The molecule has 2 aromatic heterocycles. The fourth-order valence-corrected chi connectivity index (χ4v) is 5.27. The molecule has 0 bridgehead atoms. The SMILES string of the molecule is CCc1nc(CN2CCN(C(=O)CSc3nncn3-c3ccc(C(C)C)cc3)CC2)cs1. The van der Waals surface area contributed by atoms with E-state index in [0.29, 0.717) is 11.7 Å². The van der Waals surface area contributed by atoms with Crippen LogP contribution in [-0.4, -0.2) is 67.4 Å². The van der Waals surface area contributed by atoms with Gasteiger partial charge in [-0.25, -0.2) is 4.98 Å². The first-order valence-corrected chi connectivity index (χ1v) is 13.0. The molecule has 9 heteroatoms. The lowest BCUT2D eigenvalue weighted by atomic mass is 10.0. The van der Waals surface area contributed by atoms with Crippen LogP contribution in [0.4, 0.5) is 0 Å². The quantitative estimate of drug-likeness (QED) is 0.466. The molecule has 0 atom stereocenters. The highest BCUT2D eigenvalue weighted by atomic mass is 32.2. The Labute approximate surface area is 197 Å². The summed E-state index contributed by atoms with van der Waals surface area (Å²) in [5.74, 6) is 1.02. The van der Waals surface area contributed by atoms with E-state index in [9.17, 15) is 4.79 Å². The third-order valence-electron chi connectivity index (χ3n) is 5.69. The van der Waals surface area contributed by atoms with Gasteiger partial charge in [0.1, 0.15) is 6.33 Å². The number of rotatable bonds is 8. The average molecular weight is 471 g/mol. The van der Waals surface area contributed by atoms with Gasteiger partial charge in [-0.1, -0.05) is 44.7 Å². The molecule has 1 aliphatic rings. The second-order valence-electron chi connectivity index (χ2n) is 8.26. The Balaban J connectivity index is 1.27. The van der Waals surface area contributed by atoms with Gasteiger partial charge in [0.15, 0.2) is 5.16 Å². The van der Waals surface area contributed by atoms with Crippen molar-refractivity contribution in [1.29, 1.82) is 0 Å². The highest BCUT2D eigenvalue weighted by Gasteiger charge is 2.22. The number of piperazine rings is 1. The van der Waals surface area contributed by atoms with E-state index in [1.54, 1.807) is 17.7 Å². The van der Waals surface area contributed by atoms with Gasteiger partial charge in [0.2, 0.25) is 5.91 Å². The molecule has 0 N–H and O–H groups in total. The number of carbonyl (C=O) groups excluding carboxylic acids is 1. The van der Waals surface area contributed by atoms with E-state index in [4.69, 9.17) is 0 Å². The van der Waals surface area contributed by atoms with Crippen molar-refractivity contribution in [1.82, 2.24) is 29.5 Å². The number of hydrogen-bond acceptors (Lipinski definition) is 7. The summed E-state index contributed by atoms with van der Waals surface area (Å²) in [7, 11) is 0. The minimum absolute atomic E-state index is 0.154. The van der Waals surface area contributed by atoms with Crippen molar-refractivity contribution in [3.05, 3.63) is 52.2 Å². The van der Waals surface area contributed by atoms with Gasteiger partial charge in [0.25, 0.3) is 0 Å². The lowest BCUT2D eigenvalue weighted by Gasteiger charge is -2.34. The maximum absolute atomic E-state index is 12.8. The van der Waals surface area contributed by atoms with Crippen LogP contribution in [0.3, 0.4) is 0 Å². The van der Waals surface area contributed by atoms with Gasteiger partial charge in [0, 0.05) is 43.8 Å². The molecule has 0 spiro atoms. The van der Waals surface area contributed by atoms with Gasteiger partial charge in [-0.05, 0) is 30.0 Å². The highest BCUT2D eigenvalue weighted by Crippen LogP contribution is 2.22. The van der Waals surface area contributed by atoms with Crippen molar-refractivity contribution in [3.8, 4) is 5.69 Å². The summed E-state index contributed by atoms with van der Waals surface area (Å²) in [6.45, 7) is 10.6. The Morgan fingerprint density at radius 3 is 2.56 bits per heavy atom. The number of aryl methyl sites for hydroxylation is 1. The normalized spacial score (nSPS) is 14.9. The van der Waals surface area contributed by atoms with E-state index in [-0.39, 0.29) is 5.91 Å². The fraction of sp³-hybridized carbons (Fsp3) is 0.478. The predicted molar refractivity (Wildman–Crippen MR) is 130 cm³/mol. The number of thioether (sulfide) groups is 1. The van der Waals surface area contributed by atoms with Crippen LogP contribution in [-0.2, 0) is 17.8 Å². The summed E-state index contributed by atoms with van der Waals surface area (Å²) in [6.07, 6.45) is 2.69. The first kappa shape index (κ1) is 22.9. The van der Waals surface area contributed by atoms with E-state index < -0.39 is 0 Å². The van der Waals surface area contributed by atoms with Gasteiger partial charge < -0.3 is 4.90 Å². The Hall–Kier alpha value is -2.23. The van der Waals surface area contributed by atoms with Crippen LogP contribution in [0.15, 0.2) is 41.1 Å². The van der Waals surface area contributed by atoms with Crippen molar-refractivity contribution in [3.63, 3.8) is 0 Å². The van der Waals surface area contributed by atoms with Crippen LogP contribution in [0, 0.1) is 0 Å². The van der Waals surface area contributed by atoms with Crippen LogP contribution >= 0.6 is 23.1 Å². The van der Waals surface area contributed by atoms with Crippen molar-refractivity contribution >= 4 is 29.0 Å². The van der Waals surface area contributed by atoms with E-state index in [0.717, 1.165) is 55.7 Å². The zero-order valence-corrected chi connectivity index (χ0v) is 20.5. The van der Waals surface area contributed by atoms with Gasteiger partial charge in [-0.15, -0.1) is 21.5 Å². The molecule has 0 unspecified atom stereocenters. The summed E-state index contributed by atoms with van der Waals surface area (Å²) in [6, 6.07) is 8.42. The van der Waals surface area contributed by atoms with Gasteiger partial charge in [-0.3, -0.25) is 14.3 Å². The van der Waals surface area contributed by atoms with Gasteiger partial charge >= 0.3 is 0 Å². The lowest BCUT2D eigenvalue weighted by molar-refractivity contribution is -0.130. The molecule has 1 saturated heterocycles. The second-order valence-corrected chi connectivity index (χ2v) is 10.1. The molecular formula is C23H30N6OS2. The van der Waals surface area contributed by atoms with E-state index >= 15 is 0 Å². The summed E-state index contributed by atoms with van der Waals surface area (Å²) in [5.41, 5.74) is 3.45. The standard InChI is InChI=1S/C23H30N6OS2/c1-4-21-25-19(14-31-21)13-27-9-11-28(12-10-27)22(30)15-32-23-26-24-16-29(23)20-7-5-18(6-8-20)17(2)3/h5-8,14,16-17H,4,9-13,15H2,1-3H3. The first-order chi connectivity index (χ1) is 15.5. The molecule has 3 aromatic rings. The lowest BCUT2D eigenvalue weighted by Crippen LogP contribution is -2.48. The molecule has 4 rings (SSSR count). The van der Waals surface area contributed by atoms with Crippen LogP contribution < -0.4 is 0 Å². The zero-order valence-electron chi connectivity index (χ0n) is 18.9. The molecule has 3 heterocycles.